The summed E-state index contributed by atoms with van der Waals surface area (Å²) in [7, 11) is 0. The Bertz CT molecular complexity index is 354. The van der Waals surface area contributed by atoms with Crippen molar-refractivity contribution in [1.82, 2.24) is 0 Å². The Balaban J connectivity index is 2.51. The number of hydrogen-bond donors (Lipinski definition) is 0. The van der Waals surface area contributed by atoms with Crippen LogP contribution < -0.4 is 4.31 Å². The lowest BCUT2D eigenvalue weighted by Gasteiger charge is -2.22. The first-order valence-corrected chi connectivity index (χ1v) is 5.98. The summed E-state index contributed by atoms with van der Waals surface area (Å²) >= 11 is 3.42. The summed E-state index contributed by atoms with van der Waals surface area (Å²) in [6.07, 6.45) is 5.91. The SMILES string of the molecule is C=Cc1csc2c1N(SC)CN=C2. The molecule has 2 heterocycles. The maximum Gasteiger partial charge on any atom is 0.120 e. The number of anilines is 1. The maximum absolute atomic E-state index is 4.27. The predicted octanol–water partition coefficient (Wildman–Crippen LogP) is 2.87. The zero-order valence-corrected chi connectivity index (χ0v) is 8.99. The summed E-state index contributed by atoms with van der Waals surface area (Å²) in [5.74, 6) is 0. The van der Waals surface area contributed by atoms with Crippen molar-refractivity contribution in [2.45, 2.75) is 0 Å². The van der Waals surface area contributed by atoms with Crippen LogP contribution in [0.15, 0.2) is 17.0 Å². The number of nitrogens with zero attached hydrogens (tertiary/aromatic N) is 2. The van der Waals surface area contributed by atoms with Crippen molar-refractivity contribution in [1.29, 1.82) is 0 Å². The average Bonchev–Trinajstić information content (AvgIpc) is 2.60. The van der Waals surface area contributed by atoms with Gasteiger partial charge in [-0.1, -0.05) is 24.6 Å². The van der Waals surface area contributed by atoms with Gasteiger partial charge in [-0.05, 0) is 0 Å². The fourth-order valence-corrected chi connectivity index (χ4v) is 2.86. The summed E-state index contributed by atoms with van der Waals surface area (Å²) in [4.78, 5) is 5.51. The Kier molecular flexibility index (Phi) is 2.42. The van der Waals surface area contributed by atoms with Crippen LogP contribution in [0.5, 0.6) is 0 Å². The molecule has 0 fully saturated rings. The van der Waals surface area contributed by atoms with Crippen molar-refractivity contribution in [3.63, 3.8) is 0 Å². The number of fused-ring (bicyclic) bond motifs is 1. The number of thiophene rings is 1. The molecule has 1 aliphatic heterocycles. The fourth-order valence-electron chi connectivity index (χ4n) is 1.30. The third-order valence-corrected chi connectivity index (χ3v) is 3.59. The Morgan fingerprint density at radius 3 is 3.31 bits per heavy atom. The molecule has 0 aliphatic carbocycles. The van der Waals surface area contributed by atoms with Crippen molar-refractivity contribution in [2.24, 2.45) is 4.99 Å². The molecule has 0 aromatic carbocycles. The van der Waals surface area contributed by atoms with Gasteiger partial charge in [0.15, 0.2) is 0 Å². The lowest BCUT2D eigenvalue weighted by Crippen LogP contribution is -2.18. The first kappa shape index (κ1) is 8.84. The van der Waals surface area contributed by atoms with E-state index in [0.29, 0.717) is 0 Å². The van der Waals surface area contributed by atoms with Crippen molar-refractivity contribution < 1.29 is 0 Å². The topological polar surface area (TPSA) is 15.6 Å². The monoisotopic (exact) mass is 210 g/mol. The zero-order chi connectivity index (χ0) is 9.26. The van der Waals surface area contributed by atoms with Crippen LogP contribution in [0.25, 0.3) is 6.08 Å². The highest BCUT2D eigenvalue weighted by Crippen LogP contribution is 2.36. The fraction of sp³-hybridized carbons (Fsp3) is 0.222. The second-order valence-electron chi connectivity index (χ2n) is 2.62. The molecule has 13 heavy (non-hydrogen) atoms. The van der Waals surface area contributed by atoms with Crippen LogP contribution in [0.3, 0.4) is 0 Å². The normalized spacial score (nSPS) is 14.4. The number of rotatable bonds is 2. The average molecular weight is 210 g/mol. The summed E-state index contributed by atoms with van der Waals surface area (Å²) in [6, 6.07) is 0. The van der Waals surface area contributed by atoms with E-state index in [-0.39, 0.29) is 0 Å². The smallest absolute Gasteiger partial charge is 0.120 e. The van der Waals surface area contributed by atoms with E-state index in [0.717, 1.165) is 6.67 Å². The summed E-state index contributed by atoms with van der Waals surface area (Å²) < 4.78 is 2.18. The minimum Gasteiger partial charge on any atom is -0.294 e. The Morgan fingerprint density at radius 1 is 1.77 bits per heavy atom. The van der Waals surface area contributed by atoms with Crippen LogP contribution in [-0.2, 0) is 0 Å². The van der Waals surface area contributed by atoms with Crippen LogP contribution >= 0.6 is 23.3 Å². The Labute approximate surface area is 86.1 Å². The van der Waals surface area contributed by atoms with Crippen LogP contribution in [0.2, 0.25) is 0 Å². The largest absolute Gasteiger partial charge is 0.294 e. The van der Waals surface area contributed by atoms with Gasteiger partial charge in [0.25, 0.3) is 0 Å². The predicted molar refractivity (Wildman–Crippen MR) is 62.9 cm³/mol. The number of aliphatic imine (C=N–C) groups is 1. The quantitative estimate of drug-likeness (QED) is 0.697. The third-order valence-electron chi connectivity index (χ3n) is 1.93. The molecule has 1 aromatic rings. The summed E-state index contributed by atoms with van der Waals surface area (Å²) in [5, 5.41) is 2.12. The van der Waals surface area contributed by atoms with E-state index in [4.69, 9.17) is 0 Å². The van der Waals surface area contributed by atoms with E-state index in [9.17, 15) is 0 Å². The minimum atomic E-state index is 0.742. The summed E-state index contributed by atoms with van der Waals surface area (Å²) in [6.45, 7) is 4.55. The molecule has 0 saturated heterocycles. The molecule has 0 atom stereocenters. The lowest BCUT2D eigenvalue weighted by molar-refractivity contribution is 1.05. The molecule has 1 aromatic heterocycles. The van der Waals surface area contributed by atoms with Gasteiger partial charge >= 0.3 is 0 Å². The van der Waals surface area contributed by atoms with Crippen LogP contribution in [0.4, 0.5) is 5.69 Å². The molecule has 4 heteroatoms. The van der Waals surface area contributed by atoms with Gasteiger partial charge in [-0.3, -0.25) is 9.30 Å². The molecule has 0 spiro atoms. The highest BCUT2D eigenvalue weighted by atomic mass is 32.2. The van der Waals surface area contributed by atoms with Crippen molar-refractivity contribution in [3.05, 3.63) is 22.4 Å². The van der Waals surface area contributed by atoms with Gasteiger partial charge < -0.3 is 0 Å². The van der Waals surface area contributed by atoms with Gasteiger partial charge in [0.2, 0.25) is 0 Å². The van der Waals surface area contributed by atoms with Gasteiger partial charge in [-0.2, -0.15) is 0 Å². The molecule has 68 valence electrons. The summed E-state index contributed by atoms with van der Waals surface area (Å²) in [5.41, 5.74) is 2.48. The molecule has 0 saturated carbocycles. The molecular weight excluding hydrogens is 200 g/mol. The Morgan fingerprint density at radius 2 is 2.62 bits per heavy atom. The first-order chi connectivity index (χ1) is 6.36. The maximum atomic E-state index is 4.27. The highest BCUT2D eigenvalue weighted by molar-refractivity contribution is 8.00. The molecular formula is C9H10N2S2. The van der Waals surface area contributed by atoms with Gasteiger partial charge in [0.05, 0.1) is 10.6 Å². The second kappa shape index (κ2) is 3.55. The molecule has 0 unspecified atom stereocenters. The minimum absolute atomic E-state index is 0.742. The molecule has 0 radical (unpaired) electrons. The second-order valence-corrected chi connectivity index (χ2v) is 4.34. The van der Waals surface area contributed by atoms with E-state index in [2.05, 4.69) is 27.5 Å². The van der Waals surface area contributed by atoms with E-state index in [1.807, 2.05) is 12.3 Å². The Hall–Kier alpha value is -0.740. The third kappa shape index (κ3) is 1.40. The molecule has 2 nitrogen and oxygen atoms in total. The molecule has 1 aliphatic rings. The lowest BCUT2D eigenvalue weighted by atomic mass is 10.2. The van der Waals surface area contributed by atoms with Gasteiger partial charge in [-0.25, -0.2) is 0 Å². The van der Waals surface area contributed by atoms with Crippen LogP contribution in [0, 0.1) is 0 Å². The van der Waals surface area contributed by atoms with E-state index >= 15 is 0 Å². The van der Waals surface area contributed by atoms with Gasteiger partial charge in [-0.15, -0.1) is 11.3 Å². The molecule has 0 bridgehead atoms. The first-order valence-electron chi connectivity index (χ1n) is 3.92. The number of hydrogen-bond acceptors (Lipinski definition) is 4. The molecule has 0 amide bonds. The zero-order valence-electron chi connectivity index (χ0n) is 7.36. The van der Waals surface area contributed by atoms with E-state index < -0.39 is 0 Å². The van der Waals surface area contributed by atoms with Crippen molar-refractivity contribution >= 4 is 41.3 Å². The highest BCUT2D eigenvalue weighted by Gasteiger charge is 2.17. The van der Waals surface area contributed by atoms with Crippen LogP contribution in [-0.4, -0.2) is 19.1 Å². The van der Waals surface area contributed by atoms with E-state index in [1.165, 1.54) is 16.1 Å². The van der Waals surface area contributed by atoms with Crippen LogP contribution in [0.1, 0.15) is 10.4 Å². The van der Waals surface area contributed by atoms with Gasteiger partial charge in [0.1, 0.15) is 6.67 Å². The van der Waals surface area contributed by atoms with Gasteiger partial charge in [0, 0.05) is 23.4 Å². The van der Waals surface area contributed by atoms with E-state index in [1.54, 1.807) is 23.3 Å². The molecule has 0 N–H and O–H groups in total. The molecule has 2 rings (SSSR count). The van der Waals surface area contributed by atoms with Crippen molar-refractivity contribution in [3.8, 4) is 0 Å². The standard InChI is InChI=1S/C9H10N2S2/c1-3-7-5-13-8-4-10-6-11(12-2)9(7)8/h3-5H,1,6H2,2H3. The van der Waals surface area contributed by atoms with Crippen molar-refractivity contribution in [2.75, 3.05) is 17.2 Å².